The first kappa shape index (κ1) is 10.0. The van der Waals surface area contributed by atoms with Crippen LogP contribution in [0.1, 0.15) is 12.6 Å². The third kappa shape index (κ3) is 1.58. The van der Waals surface area contributed by atoms with E-state index in [1.54, 1.807) is 6.07 Å². The van der Waals surface area contributed by atoms with E-state index in [1.807, 2.05) is 31.5 Å². The van der Waals surface area contributed by atoms with Crippen LogP contribution < -0.4 is 4.74 Å². The van der Waals surface area contributed by atoms with E-state index in [0.29, 0.717) is 12.4 Å². The zero-order chi connectivity index (χ0) is 11.0. The molecule has 0 N–H and O–H groups in total. The van der Waals surface area contributed by atoms with Crippen LogP contribution in [0.15, 0.2) is 18.2 Å². The lowest BCUT2D eigenvalue weighted by Crippen LogP contribution is -1.95. The molecule has 0 amide bonds. The highest BCUT2D eigenvalue weighted by Crippen LogP contribution is 2.26. The van der Waals surface area contributed by atoms with E-state index in [4.69, 9.17) is 4.74 Å². The number of nitrogens with zero attached hydrogens (tertiary/aromatic N) is 1. The molecular weight excluding hydrogens is 193 g/mol. The first-order valence-corrected chi connectivity index (χ1v) is 5.02. The van der Waals surface area contributed by atoms with E-state index < -0.39 is 0 Å². The molecule has 0 radical (unpaired) electrons. The number of aryl methyl sites for hydroxylation is 2. The molecule has 0 bridgehead atoms. The van der Waals surface area contributed by atoms with E-state index in [-0.39, 0.29) is 5.82 Å². The van der Waals surface area contributed by atoms with Crippen molar-refractivity contribution in [3.63, 3.8) is 0 Å². The van der Waals surface area contributed by atoms with Crippen molar-refractivity contribution < 1.29 is 9.13 Å². The number of hydrogen-bond donors (Lipinski definition) is 0. The SMILES string of the molecule is CCOc1cc2cc(C)n(C)c2cc1F. The molecule has 3 heteroatoms. The molecule has 0 fully saturated rings. The van der Waals surface area contributed by atoms with E-state index in [2.05, 4.69) is 0 Å². The van der Waals surface area contributed by atoms with Gasteiger partial charge in [0.15, 0.2) is 11.6 Å². The number of hydrogen-bond acceptors (Lipinski definition) is 1. The second kappa shape index (κ2) is 3.57. The van der Waals surface area contributed by atoms with Gasteiger partial charge in [0, 0.05) is 24.2 Å². The van der Waals surface area contributed by atoms with Crippen molar-refractivity contribution in [2.24, 2.45) is 7.05 Å². The molecule has 2 nitrogen and oxygen atoms in total. The number of benzene rings is 1. The normalized spacial score (nSPS) is 10.9. The van der Waals surface area contributed by atoms with Gasteiger partial charge in [0.05, 0.1) is 12.1 Å². The van der Waals surface area contributed by atoms with Gasteiger partial charge in [-0.3, -0.25) is 0 Å². The molecule has 15 heavy (non-hydrogen) atoms. The highest BCUT2D eigenvalue weighted by Gasteiger charge is 2.09. The lowest BCUT2D eigenvalue weighted by atomic mass is 10.2. The van der Waals surface area contributed by atoms with Gasteiger partial charge < -0.3 is 9.30 Å². The van der Waals surface area contributed by atoms with E-state index >= 15 is 0 Å². The standard InChI is InChI=1S/C12H14FNO/c1-4-15-12-6-9-5-8(2)14(3)11(9)7-10(12)13/h5-7H,4H2,1-3H3. The summed E-state index contributed by atoms with van der Waals surface area (Å²) >= 11 is 0. The summed E-state index contributed by atoms with van der Waals surface area (Å²) in [5.41, 5.74) is 2.01. The lowest BCUT2D eigenvalue weighted by Gasteiger charge is -2.05. The van der Waals surface area contributed by atoms with Crippen molar-refractivity contribution in [2.75, 3.05) is 6.61 Å². The molecule has 0 saturated carbocycles. The molecule has 2 rings (SSSR count). The zero-order valence-corrected chi connectivity index (χ0v) is 9.17. The molecule has 0 saturated heterocycles. The Hall–Kier alpha value is -1.51. The third-order valence-corrected chi connectivity index (χ3v) is 2.64. The van der Waals surface area contributed by atoms with Gasteiger partial charge in [0.1, 0.15) is 0 Å². The molecule has 0 spiro atoms. The first-order valence-electron chi connectivity index (χ1n) is 5.02. The molecule has 1 aromatic heterocycles. The summed E-state index contributed by atoms with van der Waals surface area (Å²) in [4.78, 5) is 0. The van der Waals surface area contributed by atoms with Crippen LogP contribution >= 0.6 is 0 Å². The van der Waals surface area contributed by atoms with Gasteiger partial charge in [-0.25, -0.2) is 4.39 Å². The van der Waals surface area contributed by atoms with Gasteiger partial charge in [-0.15, -0.1) is 0 Å². The topological polar surface area (TPSA) is 14.2 Å². The van der Waals surface area contributed by atoms with Gasteiger partial charge in [0.25, 0.3) is 0 Å². The number of rotatable bonds is 2. The highest BCUT2D eigenvalue weighted by atomic mass is 19.1. The average molecular weight is 207 g/mol. The van der Waals surface area contributed by atoms with Crippen molar-refractivity contribution >= 4 is 10.9 Å². The van der Waals surface area contributed by atoms with Crippen LogP contribution in [0.3, 0.4) is 0 Å². The van der Waals surface area contributed by atoms with Gasteiger partial charge in [-0.1, -0.05) is 0 Å². The summed E-state index contributed by atoms with van der Waals surface area (Å²) in [5, 5.41) is 1.01. The maximum Gasteiger partial charge on any atom is 0.167 e. The van der Waals surface area contributed by atoms with Crippen LogP contribution in [0.4, 0.5) is 4.39 Å². The predicted molar refractivity (Wildman–Crippen MR) is 58.8 cm³/mol. The van der Waals surface area contributed by atoms with Crippen LogP contribution in [0.5, 0.6) is 5.75 Å². The molecule has 2 aromatic rings. The van der Waals surface area contributed by atoms with E-state index in [9.17, 15) is 4.39 Å². The molecule has 1 aromatic carbocycles. The number of halogens is 1. The molecule has 0 aliphatic heterocycles. The first-order chi connectivity index (χ1) is 7.13. The number of ether oxygens (including phenoxy) is 1. The van der Waals surface area contributed by atoms with Crippen LogP contribution in [0, 0.1) is 12.7 Å². The molecule has 1 heterocycles. The zero-order valence-electron chi connectivity index (χ0n) is 9.17. The maximum absolute atomic E-state index is 13.6. The predicted octanol–water partition coefficient (Wildman–Crippen LogP) is 3.02. The Morgan fingerprint density at radius 1 is 1.33 bits per heavy atom. The largest absolute Gasteiger partial charge is 0.491 e. The quantitative estimate of drug-likeness (QED) is 0.738. The van der Waals surface area contributed by atoms with Crippen molar-refractivity contribution in [2.45, 2.75) is 13.8 Å². The second-order valence-corrected chi connectivity index (χ2v) is 3.62. The summed E-state index contributed by atoms with van der Waals surface area (Å²) in [6, 6.07) is 5.30. The molecular formula is C12H14FNO. The Labute approximate surface area is 88.3 Å². The van der Waals surface area contributed by atoms with Gasteiger partial charge in [-0.2, -0.15) is 0 Å². The summed E-state index contributed by atoms with van der Waals surface area (Å²) in [5.74, 6) is 0.0288. The van der Waals surface area contributed by atoms with Gasteiger partial charge >= 0.3 is 0 Å². The van der Waals surface area contributed by atoms with Crippen molar-refractivity contribution in [3.8, 4) is 5.75 Å². The smallest absolute Gasteiger partial charge is 0.167 e. The van der Waals surface area contributed by atoms with Crippen LogP contribution in [0.2, 0.25) is 0 Å². The van der Waals surface area contributed by atoms with Gasteiger partial charge in [0.2, 0.25) is 0 Å². The van der Waals surface area contributed by atoms with Crippen LogP contribution in [-0.2, 0) is 7.05 Å². The highest BCUT2D eigenvalue weighted by molar-refractivity contribution is 5.83. The monoisotopic (exact) mass is 207 g/mol. The fraction of sp³-hybridized carbons (Fsp3) is 0.333. The summed E-state index contributed by atoms with van der Waals surface area (Å²) in [7, 11) is 1.93. The van der Waals surface area contributed by atoms with Crippen LogP contribution in [-0.4, -0.2) is 11.2 Å². The Kier molecular flexibility index (Phi) is 2.39. The van der Waals surface area contributed by atoms with E-state index in [1.165, 1.54) is 6.07 Å². The van der Waals surface area contributed by atoms with E-state index in [0.717, 1.165) is 16.6 Å². The fourth-order valence-corrected chi connectivity index (χ4v) is 1.74. The Morgan fingerprint density at radius 3 is 2.73 bits per heavy atom. The summed E-state index contributed by atoms with van der Waals surface area (Å²) in [6.07, 6.45) is 0. The maximum atomic E-state index is 13.6. The molecule has 80 valence electrons. The number of aromatic nitrogens is 1. The molecule has 0 aliphatic carbocycles. The third-order valence-electron chi connectivity index (χ3n) is 2.64. The fourth-order valence-electron chi connectivity index (χ4n) is 1.74. The Balaban J connectivity index is 2.65. The molecule has 0 unspecified atom stereocenters. The molecule has 0 aliphatic rings. The molecule has 0 atom stereocenters. The van der Waals surface area contributed by atoms with Gasteiger partial charge in [-0.05, 0) is 26.0 Å². The Bertz CT molecular complexity index is 502. The Morgan fingerprint density at radius 2 is 2.07 bits per heavy atom. The minimum Gasteiger partial charge on any atom is -0.491 e. The summed E-state index contributed by atoms with van der Waals surface area (Å²) in [6.45, 7) is 4.33. The average Bonchev–Trinajstić information content (AvgIpc) is 2.46. The van der Waals surface area contributed by atoms with Crippen molar-refractivity contribution in [1.29, 1.82) is 0 Å². The second-order valence-electron chi connectivity index (χ2n) is 3.62. The minimum atomic E-state index is -0.300. The minimum absolute atomic E-state index is 0.300. The van der Waals surface area contributed by atoms with Crippen molar-refractivity contribution in [1.82, 2.24) is 4.57 Å². The van der Waals surface area contributed by atoms with Crippen LogP contribution in [0.25, 0.3) is 10.9 Å². The summed E-state index contributed by atoms with van der Waals surface area (Å²) < 4.78 is 20.7. The van der Waals surface area contributed by atoms with Crippen molar-refractivity contribution in [3.05, 3.63) is 29.7 Å². The lowest BCUT2D eigenvalue weighted by molar-refractivity contribution is 0.322. The number of fused-ring (bicyclic) bond motifs is 1.